The number of Topliss-reactive ketones (excluding diaryl/α,β-unsaturated/α-hetero) is 1. The first-order valence-corrected chi connectivity index (χ1v) is 12.0. The van der Waals surface area contributed by atoms with Gasteiger partial charge < -0.3 is 19.1 Å². The number of aliphatic hydroxyl groups is 1. The first-order chi connectivity index (χ1) is 17.3. The van der Waals surface area contributed by atoms with Gasteiger partial charge in [-0.2, -0.15) is 0 Å². The summed E-state index contributed by atoms with van der Waals surface area (Å²) < 4.78 is 13.1. The lowest BCUT2D eigenvalue weighted by Gasteiger charge is -2.25. The van der Waals surface area contributed by atoms with Gasteiger partial charge >= 0.3 is 0 Å². The molecule has 5 rings (SSSR count). The molecule has 1 atom stereocenters. The van der Waals surface area contributed by atoms with E-state index in [1.54, 1.807) is 56.7 Å². The van der Waals surface area contributed by atoms with Gasteiger partial charge in [-0.05, 0) is 64.5 Å². The monoisotopic (exact) mass is 546 g/mol. The molecule has 8 heteroatoms. The van der Waals surface area contributed by atoms with Crippen molar-refractivity contribution in [3.63, 3.8) is 0 Å². The molecule has 0 saturated carbocycles. The molecule has 1 aliphatic rings. The number of carbonyl (C=O) groups excluding carboxylic acids is 2. The predicted octanol–water partition coefficient (Wildman–Crippen LogP) is 5.58. The molecule has 182 valence electrons. The predicted molar refractivity (Wildman–Crippen MR) is 141 cm³/mol. The number of nitrogens with zero attached hydrogens (tertiary/aromatic N) is 2. The number of aryl methyl sites for hydroxylation is 1. The fourth-order valence-corrected chi connectivity index (χ4v) is 5.24. The number of hydrogen-bond acceptors (Lipinski definition) is 5. The standard InChI is InChI=1S/C28H23BrN2O5/c1-30-15-20(19-6-4-5-7-22(19)30)25-24(26(32)16-8-13-23(36-3)21(29)14-16)27(33)28(34)31(25)17-9-11-18(35-2)12-10-17/h4-15,25,32H,1-3H3/b26-24+. The van der Waals surface area contributed by atoms with Gasteiger partial charge in [-0.25, -0.2) is 0 Å². The van der Waals surface area contributed by atoms with E-state index < -0.39 is 17.7 Å². The number of halogens is 1. The Balaban J connectivity index is 1.77. The number of amides is 1. The smallest absolute Gasteiger partial charge is 0.300 e. The summed E-state index contributed by atoms with van der Waals surface area (Å²) in [6, 6.07) is 18.8. The second-order valence-corrected chi connectivity index (χ2v) is 9.28. The van der Waals surface area contributed by atoms with Gasteiger partial charge in [0.25, 0.3) is 11.7 Å². The maximum atomic E-state index is 13.5. The molecule has 7 nitrogen and oxygen atoms in total. The van der Waals surface area contributed by atoms with E-state index in [4.69, 9.17) is 9.47 Å². The van der Waals surface area contributed by atoms with Crippen molar-refractivity contribution < 1.29 is 24.2 Å². The Labute approximate surface area is 216 Å². The highest BCUT2D eigenvalue weighted by atomic mass is 79.9. The Kier molecular flexibility index (Phi) is 6.05. The topological polar surface area (TPSA) is 81.0 Å². The molecule has 0 aliphatic carbocycles. The Morgan fingerprint density at radius 1 is 0.972 bits per heavy atom. The van der Waals surface area contributed by atoms with Crippen LogP contribution in [-0.4, -0.2) is 35.6 Å². The number of carbonyl (C=O) groups is 2. The van der Waals surface area contributed by atoms with Crippen LogP contribution in [0.25, 0.3) is 16.7 Å². The second-order valence-electron chi connectivity index (χ2n) is 8.43. The minimum absolute atomic E-state index is 0.0178. The molecule has 1 saturated heterocycles. The summed E-state index contributed by atoms with van der Waals surface area (Å²) in [5.74, 6) is -0.526. The first-order valence-electron chi connectivity index (χ1n) is 11.2. The number of para-hydroxylation sites is 1. The number of anilines is 1. The number of methoxy groups -OCH3 is 2. The highest BCUT2D eigenvalue weighted by Gasteiger charge is 2.48. The van der Waals surface area contributed by atoms with Crippen molar-refractivity contribution in [1.82, 2.24) is 4.57 Å². The van der Waals surface area contributed by atoms with Gasteiger partial charge in [0.05, 0.1) is 30.3 Å². The summed E-state index contributed by atoms with van der Waals surface area (Å²) in [7, 11) is 5.01. The molecule has 1 unspecified atom stereocenters. The maximum Gasteiger partial charge on any atom is 0.300 e. The van der Waals surface area contributed by atoms with Crippen LogP contribution in [0.3, 0.4) is 0 Å². The summed E-state index contributed by atoms with van der Waals surface area (Å²) in [6.07, 6.45) is 1.90. The van der Waals surface area contributed by atoms with Crippen molar-refractivity contribution in [3.8, 4) is 11.5 Å². The average Bonchev–Trinajstić information content (AvgIpc) is 3.36. The highest BCUT2D eigenvalue weighted by molar-refractivity contribution is 9.10. The van der Waals surface area contributed by atoms with Crippen molar-refractivity contribution in [2.24, 2.45) is 7.05 Å². The zero-order valence-electron chi connectivity index (χ0n) is 19.9. The third-order valence-electron chi connectivity index (χ3n) is 6.44. The number of ether oxygens (including phenoxy) is 2. The quantitative estimate of drug-likeness (QED) is 0.200. The largest absolute Gasteiger partial charge is 0.507 e. The molecule has 0 bridgehead atoms. The molecule has 1 amide bonds. The van der Waals surface area contributed by atoms with E-state index in [9.17, 15) is 14.7 Å². The van der Waals surface area contributed by atoms with Crippen LogP contribution in [0, 0.1) is 0 Å². The number of aliphatic hydroxyl groups excluding tert-OH is 1. The number of aromatic nitrogens is 1. The van der Waals surface area contributed by atoms with Crippen LogP contribution in [0.15, 0.2) is 83.0 Å². The summed E-state index contributed by atoms with van der Waals surface area (Å²) in [5.41, 5.74) is 2.60. The first kappa shape index (κ1) is 23.7. The van der Waals surface area contributed by atoms with Crippen LogP contribution in [0.1, 0.15) is 17.2 Å². The van der Waals surface area contributed by atoms with Gasteiger partial charge in [-0.3, -0.25) is 14.5 Å². The minimum atomic E-state index is -0.842. The van der Waals surface area contributed by atoms with Crippen LogP contribution in [0.2, 0.25) is 0 Å². The molecular weight excluding hydrogens is 524 g/mol. The van der Waals surface area contributed by atoms with Crippen LogP contribution in [0.5, 0.6) is 11.5 Å². The van der Waals surface area contributed by atoms with Crippen molar-refractivity contribution >= 4 is 50.0 Å². The third kappa shape index (κ3) is 3.74. The zero-order chi connectivity index (χ0) is 25.6. The Bertz CT molecular complexity index is 1540. The summed E-state index contributed by atoms with van der Waals surface area (Å²) >= 11 is 3.43. The van der Waals surface area contributed by atoms with Crippen LogP contribution in [0.4, 0.5) is 5.69 Å². The molecule has 3 aromatic carbocycles. The van der Waals surface area contributed by atoms with Crippen LogP contribution in [-0.2, 0) is 16.6 Å². The normalized spacial score (nSPS) is 17.1. The Morgan fingerprint density at radius 2 is 1.69 bits per heavy atom. The number of ketones is 1. The van der Waals surface area contributed by atoms with Gasteiger partial charge in [-0.15, -0.1) is 0 Å². The lowest BCUT2D eigenvalue weighted by Crippen LogP contribution is -2.29. The number of hydrogen-bond donors (Lipinski definition) is 1. The van der Waals surface area contributed by atoms with Crippen molar-refractivity contribution in [3.05, 3.63) is 94.1 Å². The molecule has 1 aromatic heterocycles. The van der Waals surface area contributed by atoms with Gasteiger partial charge in [0.2, 0.25) is 0 Å². The Hall–Kier alpha value is -4.04. The number of rotatable bonds is 5. The molecule has 0 radical (unpaired) electrons. The molecule has 1 fully saturated rings. The summed E-state index contributed by atoms with van der Waals surface area (Å²) in [6.45, 7) is 0. The van der Waals surface area contributed by atoms with E-state index in [0.29, 0.717) is 27.2 Å². The molecule has 4 aromatic rings. The van der Waals surface area contributed by atoms with Gasteiger partial charge in [0.15, 0.2) is 0 Å². The SMILES string of the molecule is COc1ccc(N2C(=O)C(=O)/C(=C(/O)c3ccc(OC)c(Br)c3)C2c2cn(C)c3ccccc23)cc1. The van der Waals surface area contributed by atoms with E-state index in [1.807, 2.05) is 42.1 Å². The molecule has 1 N–H and O–H groups in total. The van der Waals surface area contributed by atoms with Crippen molar-refractivity contribution in [1.29, 1.82) is 0 Å². The van der Waals surface area contributed by atoms with Crippen molar-refractivity contribution in [2.75, 3.05) is 19.1 Å². The van der Waals surface area contributed by atoms with Crippen LogP contribution >= 0.6 is 15.9 Å². The fraction of sp³-hybridized carbons (Fsp3) is 0.143. The zero-order valence-corrected chi connectivity index (χ0v) is 21.4. The molecular formula is C28H23BrN2O5. The van der Waals surface area contributed by atoms with Gasteiger partial charge in [-0.1, -0.05) is 18.2 Å². The molecule has 2 heterocycles. The van der Waals surface area contributed by atoms with Gasteiger partial charge in [0, 0.05) is 41.0 Å². The fourth-order valence-electron chi connectivity index (χ4n) is 4.70. The van der Waals surface area contributed by atoms with E-state index >= 15 is 0 Å². The summed E-state index contributed by atoms with van der Waals surface area (Å²) in [4.78, 5) is 28.4. The number of benzene rings is 3. The lowest BCUT2D eigenvalue weighted by atomic mass is 9.94. The third-order valence-corrected chi connectivity index (χ3v) is 7.06. The lowest BCUT2D eigenvalue weighted by molar-refractivity contribution is -0.132. The second kappa shape index (κ2) is 9.20. The van der Waals surface area contributed by atoms with Crippen LogP contribution < -0.4 is 14.4 Å². The average molecular weight is 547 g/mol. The maximum absolute atomic E-state index is 13.5. The van der Waals surface area contributed by atoms with E-state index in [1.165, 1.54) is 4.90 Å². The molecule has 1 aliphatic heterocycles. The highest BCUT2D eigenvalue weighted by Crippen LogP contribution is 2.45. The van der Waals surface area contributed by atoms with Gasteiger partial charge in [0.1, 0.15) is 17.3 Å². The summed E-state index contributed by atoms with van der Waals surface area (Å²) in [5, 5.41) is 12.3. The minimum Gasteiger partial charge on any atom is -0.507 e. The molecule has 36 heavy (non-hydrogen) atoms. The number of fused-ring (bicyclic) bond motifs is 1. The Morgan fingerprint density at radius 3 is 2.36 bits per heavy atom. The van der Waals surface area contributed by atoms with E-state index in [0.717, 1.165) is 16.5 Å². The van der Waals surface area contributed by atoms with E-state index in [2.05, 4.69) is 15.9 Å². The molecule has 0 spiro atoms. The van der Waals surface area contributed by atoms with Crippen molar-refractivity contribution in [2.45, 2.75) is 6.04 Å². The van der Waals surface area contributed by atoms with E-state index in [-0.39, 0.29) is 11.3 Å².